The highest BCUT2D eigenvalue weighted by Gasteiger charge is 1.98. The molecular formula is C21H15-. The summed E-state index contributed by atoms with van der Waals surface area (Å²) < 4.78 is 0. The molecule has 0 atom stereocenters. The Morgan fingerprint density at radius 3 is 2.19 bits per heavy atom. The highest BCUT2D eigenvalue weighted by molar-refractivity contribution is 5.88. The minimum atomic E-state index is 1.27. The van der Waals surface area contributed by atoms with E-state index in [1.165, 1.54) is 33.0 Å². The summed E-state index contributed by atoms with van der Waals surface area (Å²) in [4.78, 5) is 0. The molecule has 0 N–H and O–H groups in total. The summed E-state index contributed by atoms with van der Waals surface area (Å²) in [7, 11) is 0. The minimum Gasteiger partial charge on any atom is -0.144 e. The van der Waals surface area contributed by atoms with Gasteiger partial charge < -0.3 is 0 Å². The Balaban J connectivity index is 1.77. The molecule has 0 aliphatic carbocycles. The molecule has 0 heterocycles. The van der Waals surface area contributed by atoms with Crippen molar-refractivity contribution >= 4 is 10.8 Å². The Morgan fingerprint density at radius 1 is 0.571 bits per heavy atom. The molecule has 21 heavy (non-hydrogen) atoms. The average Bonchev–Trinajstić information content (AvgIpc) is 3.05. The Kier molecular flexibility index (Phi) is 2.86. The van der Waals surface area contributed by atoms with Crippen molar-refractivity contribution in [2.24, 2.45) is 0 Å². The minimum absolute atomic E-state index is 1.27. The van der Waals surface area contributed by atoms with E-state index in [4.69, 9.17) is 0 Å². The first-order valence-corrected chi connectivity index (χ1v) is 7.21. The largest absolute Gasteiger partial charge is 0.144 e. The number of benzene rings is 3. The zero-order valence-corrected chi connectivity index (χ0v) is 11.7. The molecule has 0 unspecified atom stereocenters. The van der Waals surface area contributed by atoms with Gasteiger partial charge in [0.15, 0.2) is 0 Å². The van der Waals surface area contributed by atoms with Crippen molar-refractivity contribution in [1.29, 1.82) is 0 Å². The maximum Gasteiger partial charge on any atom is -0.0184 e. The highest BCUT2D eigenvalue weighted by atomic mass is 14.1. The van der Waals surface area contributed by atoms with E-state index >= 15 is 0 Å². The van der Waals surface area contributed by atoms with Gasteiger partial charge in [-0.2, -0.15) is 0 Å². The molecular weight excluding hydrogens is 252 g/mol. The van der Waals surface area contributed by atoms with E-state index in [2.05, 4.69) is 91.0 Å². The fraction of sp³-hybridized carbons (Fsp3) is 0. The first-order valence-electron chi connectivity index (χ1n) is 7.21. The predicted octanol–water partition coefficient (Wildman–Crippen LogP) is 5.89. The fourth-order valence-electron chi connectivity index (χ4n) is 2.80. The first kappa shape index (κ1) is 12.0. The lowest BCUT2D eigenvalue weighted by atomic mass is 10.0. The van der Waals surface area contributed by atoms with Crippen LogP contribution < -0.4 is 0 Å². The zero-order chi connectivity index (χ0) is 14.1. The van der Waals surface area contributed by atoms with Crippen LogP contribution in [0.5, 0.6) is 0 Å². The molecule has 0 radical (unpaired) electrons. The second kappa shape index (κ2) is 4.99. The van der Waals surface area contributed by atoms with Crippen molar-refractivity contribution in [2.45, 2.75) is 0 Å². The third kappa shape index (κ3) is 2.25. The third-order valence-electron chi connectivity index (χ3n) is 3.94. The Hall–Kier alpha value is -2.73. The summed E-state index contributed by atoms with van der Waals surface area (Å²) in [6.45, 7) is 0. The van der Waals surface area contributed by atoms with Crippen LogP contribution in [-0.2, 0) is 0 Å². The van der Waals surface area contributed by atoms with Gasteiger partial charge in [0.1, 0.15) is 0 Å². The van der Waals surface area contributed by atoms with E-state index in [-0.39, 0.29) is 0 Å². The lowest BCUT2D eigenvalue weighted by molar-refractivity contribution is 1.67. The van der Waals surface area contributed by atoms with Gasteiger partial charge in [-0.15, -0.1) is 41.5 Å². The summed E-state index contributed by atoms with van der Waals surface area (Å²) in [6.07, 6.45) is 0. The van der Waals surface area contributed by atoms with Crippen LogP contribution in [0.15, 0.2) is 91.0 Å². The van der Waals surface area contributed by atoms with Gasteiger partial charge >= 0.3 is 0 Å². The molecule has 0 nitrogen and oxygen atoms in total. The van der Waals surface area contributed by atoms with Crippen LogP contribution >= 0.6 is 0 Å². The van der Waals surface area contributed by atoms with E-state index < -0.39 is 0 Å². The first-order chi connectivity index (χ1) is 10.4. The van der Waals surface area contributed by atoms with Gasteiger partial charge in [0.25, 0.3) is 0 Å². The Bertz CT molecular complexity index is 882. The molecule has 0 aromatic heterocycles. The van der Waals surface area contributed by atoms with E-state index in [0.717, 1.165) is 0 Å². The highest BCUT2D eigenvalue weighted by Crippen LogP contribution is 2.30. The summed E-state index contributed by atoms with van der Waals surface area (Å²) in [5.41, 5.74) is 5.10. The zero-order valence-electron chi connectivity index (χ0n) is 11.7. The Labute approximate surface area is 124 Å². The number of fused-ring (bicyclic) bond motifs is 1. The molecule has 0 aliphatic heterocycles. The normalized spacial score (nSPS) is 10.9. The predicted molar refractivity (Wildman–Crippen MR) is 90.4 cm³/mol. The molecule has 4 rings (SSSR count). The number of rotatable bonds is 2. The van der Waals surface area contributed by atoms with Gasteiger partial charge in [0.2, 0.25) is 0 Å². The lowest BCUT2D eigenvalue weighted by Gasteiger charge is -2.06. The van der Waals surface area contributed by atoms with Crippen molar-refractivity contribution < 1.29 is 0 Å². The van der Waals surface area contributed by atoms with Crippen LogP contribution in [0.25, 0.3) is 33.0 Å². The van der Waals surface area contributed by atoms with Crippen molar-refractivity contribution in [3.63, 3.8) is 0 Å². The van der Waals surface area contributed by atoms with Crippen molar-refractivity contribution in [2.75, 3.05) is 0 Å². The summed E-state index contributed by atoms with van der Waals surface area (Å²) in [5, 5.41) is 2.58. The fourth-order valence-corrected chi connectivity index (χ4v) is 2.80. The van der Waals surface area contributed by atoms with E-state index in [1.807, 2.05) is 0 Å². The SMILES string of the molecule is c1ccc(-[c-]2ccc(-c3ccc4ccccc4c3)c2)cc1. The van der Waals surface area contributed by atoms with E-state index in [9.17, 15) is 0 Å². The standard InChI is InChI=1S/C21H15/c1-2-6-16(7-3-1)19-12-13-21(15-19)20-11-10-17-8-4-5-9-18(17)14-20/h1-15H/q-1. The quantitative estimate of drug-likeness (QED) is 0.397. The molecule has 0 heteroatoms. The summed E-state index contributed by atoms with van der Waals surface area (Å²) in [5.74, 6) is 0. The third-order valence-corrected chi connectivity index (χ3v) is 3.94. The number of hydrogen-bond donors (Lipinski definition) is 0. The van der Waals surface area contributed by atoms with Crippen LogP contribution in [0.1, 0.15) is 0 Å². The van der Waals surface area contributed by atoms with Gasteiger partial charge in [-0.05, 0) is 10.8 Å². The molecule has 0 saturated carbocycles. The van der Waals surface area contributed by atoms with Gasteiger partial charge in [-0.25, -0.2) is 0 Å². The molecule has 0 bridgehead atoms. The number of hydrogen-bond acceptors (Lipinski definition) is 0. The monoisotopic (exact) mass is 267 g/mol. The molecule has 0 amide bonds. The molecule has 0 aliphatic rings. The molecule has 0 fully saturated rings. The van der Waals surface area contributed by atoms with Crippen molar-refractivity contribution in [3.8, 4) is 22.3 Å². The van der Waals surface area contributed by atoms with E-state index in [1.54, 1.807) is 0 Å². The summed E-state index contributed by atoms with van der Waals surface area (Å²) >= 11 is 0. The second-order valence-corrected chi connectivity index (χ2v) is 5.32. The van der Waals surface area contributed by atoms with Crippen LogP contribution in [-0.4, -0.2) is 0 Å². The van der Waals surface area contributed by atoms with Gasteiger partial charge in [0.05, 0.1) is 0 Å². The van der Waals surface area contributed by atoms with Gasteiger partial charge in [-0.3, -0.25) is 0 Å². The van der Waals surface area contributed by atoms with Crippen molar-refractivity contribution in [3.05, 3.63) is 91.0 Å². The van der Waals surface area contributed by atoms with Crippen molar-refractivity contribution in [1.82, 2.24) is 0 Å². The molecule has 4 aromatic carbocycles. The smallest absolute Gasteiger partial charge is 0.0184 e. The average molecular weight is 267 g/mol. The summed E-state index contributed by atoms with van der Waals surface area (Å²) in [6, 6.07) is 32.3. The molecule has 4 aromatic rings. The molecule has 0 spiro atoms. The Morgan fingerprint density at radius 2 is 1.33 bits per heavy atom. The van der Waals surface area contributed by atoms with E-state index in [0.29, 0.717) is 0 Å². The van der Waals surface area contributed by atoms with Crippen LogP contribution in [0.3, 0.4) is 0 Å². The maximum absolute atomic E-state index is 2.26. The maximum atomic E-state index is 2.26. The topological polar surface area (TPSA) is 0 Å². The van der Waals surface area contributed by atoms with Gasteiger partial charge in [0, 0.05) is 0 Å². The lowest BCUT2D eigenvalue weighted by Crippen LogP contribution is -1.76. The van der Waals surface area contributed by atoms with Crippen LogP contribution in [0.2, 0.25) is 0 Å². The van der Waals surface area contributed by atoms with Gasteiger partial charge in [-0.1, -0.05) is 71.8 Å². The van der Waals surface area contributed by atoms with Crippen LogP contribution in [0, 0.1) is 0 Å². The van der Waals surface area contributed by atoms with Crippen LogP contribution in [0.4, 0.5) is 0 Å². The second-order valence-electron chi connectivity index (χ2n) is 5.32. The molecule has 100 valence electrons. The molecule has 0 saturated heterocycles.